The van der Waals surface area contributed by atoms with Gasteiger partial charge in [0.05, 0.1) is 5.57 Å². The van der Waals surface area contributed by atoms with E-state index in [1.165, 1.54) is 13.0 Å². The van der Waals surface area contributed by atoms with E-state index in [1.807, 2.05) is 0 Å². The fraction of sp³-hybridized carbons (Fsp3) is 0.412. The molecule has 0 aromatic heterocycles. The van der Waals surface area contributed by atoms with E-state index in [-0.39, 0.29) is 11.3 Å². The maximum atomic E-state index is 13.4. The number of hydrogen-bond donors (Lipinski definition) is 0. The zero-order chi connectivity index (χ0) is 23.3. The Hall–Kier alpha value is -3.03. The van der Waals surface area contributed by atoms with Crippen LogP contribution in [0.4, 0.5) is 18.0 Å². The lowest BCUT2D eigenvalue weighted by molar-refractivity contribution is -0.759. The van der Waals surface area contributed by atoms with Crippen molar-refractivity contribution in [2.24, 2.45) is 0 Å². The van der Waals surface area contributed by atoms with Gasteiger partial charge in [-0.3, -0.25) is 0 Å². The highest BCUT2D eigenvalue weighted by Crippen LogP contribution is 2.40. The Labute approximate surface area is 181 Å². The molecule has 2 rings (SSSR count). The van der Waals surface area contributed by atoms with Gasteiger partial charge in [-0.15, -0.1) is 10.1 Å². The SMILES string of the molecule is Cc1cc(Br)cc2c1OC(C(F)(F)F)C(C(=O)OCOC(=O)O[C@@H](C)CO[N+](=O)[O-])=C2. The summed E-state index contributed by atoms with van der Waals surface area (Å²) in [5, 5.41) is 8.96. The molecule has 31 heavy (non-hydrogen) atoms. The zero-order valence-electron chi connectivity index (χ0n) is 15.9. The van der Waals surface area contributed by atoms with Gasteiger partial charge in [-0.05, 0) is 37.6 Å². The molecule has 2 atom stereocenters. The molecule has 0 bridgehead atoms. The highest BCUT2D eigenvalue weighted by atomic mass is 79.9. The highest BCUT2D eigenvalue weighted by Gasteiger charge is 2.49. The van der Waals surface area contributed by atoms with Crippen LogP contribution in [0.1, 0.15) is 18.1 Å². The summed E-state index contributed by atoms with van der Waals surface area (Å²) in [4.78, 5) is 37.7. The summed E-state index contributed by atoms with van der Waals surface area (Å²) in [6.45, 7) is 1.16. The molecule has 1 heterocycles. The van der Waals surface area contributed by atoms with Gasteiger partial charge < -0.3 is 23.8 Å². The summed E-state index contributed by atoms with van der Waals surface area (Å²) in [7, 11) is 0. The van der Waals surface area contributed by atoms with Crippen molar-refractivity contribution in [1.82, 2.24) is 0 Å². The predicted octanol–water partition coefficient (Wildman–Crippen LogP) is 3.71. The first-order valence-corrected chi connectivity index (χ1v) is 9.20. The van der Waals surface area contributed by atoms with Crippen molar-refractivity contribution in [2.45, 2.75) is 32.2 Å². The molecule has 0 N–H and O–H groups in total. The predicted molar refractivity (Wildman–Crippen MR) is 98.3 cm³/mol. The van der Waals surface area contributed by atoms with Crippen molar-refractivity contribution in [3.05, 3.63) is 43.4 Å². The smallest absolute Gasteiger partial charge is 0.475 e. The van der Waals surface area contributed by atoms with E-state index in [0.717, 1.165) is 6.08 Å². The van der Waals surface area contributed by atoms with Gasteiger partial charge >= 0.3 is 18.3 Å². The van der Waals surface area contributed by atoms with E-state index in [0.29, 0.717) is 10.0 Å². The molecule has 1 aliphatic heterocycles. The molecular formula is C17H15BrF3NO9. The second-order valence-corrected chi connectivity index (χ2v) is 7.09. The van der Waals surface area contributed by atoms with Crippen molar-refractivity contribution >= 4 is 34.1 Å². The largest absolute Gasteiger partial charge is 0.511 e. The van der Waals surface area contributed by atoms with Crippen molar-refractivity contribution in [3.8, 4) is 5.75 Å². The van der Waals surface area contributed by atoms with E-state index in [1.54, 1.807) is 13.0 Å². The zero-order valence-corrected chi connectivity index (χ0v) is 17.5. The molecule has 0 spiro atoms. The number of hydrogen-bond acceptors (Lipinski definition) is 9. The summed E-state index contributed by atoms with van der Waals surface area (Å²) in [6.07, 6.45) is -8.98. The third kappa shape index (κ3) is 6.73. The van der Waals surface area contributed by atoms with Crippen LogP contribution in [0.3, 0.4) is 0 Å². The van der Waals surface area contributed by atoms with Crippen LogP contribution in [0.5, 0.6) is 5.75 Å². The van der Waals surface area contributed by atoms with Crippen LogP contribution >= 0.6 is 15.9 Å². The van der Waals surface area contributed by atoms with E-state index in [4.69, 9.17) is 4.74 Å². The van der Waals surface area contributed by atoms with Crippen LogP contribution in [-0.4, -0.2) is 49.0 Å². The summed E-state index contributed by atoms with van der Waals surface area (Å²) < 4.78 is 59.4. The van der Waals surface area contributed by atoms with Gasteiger partial charge in [-0.1, -0.05) is 15.9 Å². The minimum atomic E-state index is -4.92. The van der Waals surface area contributed by atoms with Gasteiger partial charge in [-0.25, -0.2) is 9.59 Å². The third-order valence-corrected chi connectivity index (χ3v) is 4.17. The van der Waals surface area contributed by atoms with Gasteiger partial charge in [0, 0.05) is 10.0 Å². The molecule has 170 valence electrons. The third-order valence-electron chi connectivity index (χ3n) is 3.71. The standard InChI is InChI=1S/C17H15BrF3NO9/c1-8-3-11(18)4-10-5-12(14(17(19,20)21)31-13(8)10)15(23)27-7-28-16(24)30-9(2)6-29-22(25)26/h3-5,9,14H,6-7H2,1-2H3/t9-,14?/m0/s1. The number of alkyl halides is 3. The minimum Gasteiger partial charge on any atom is -0.475 e. The fourth-order valence-corrected chi connectivity index (χ4v) is 3.06. The lowest BCUT2D eigenvalue weighted by Gasteiger charge is -2.28. The van der Waals surface area contributed by atoms with Crippen LogP contribution in [0.25, 0.3) is 6.08 Å². The Morgan fingerprint density at radius 3 is 2.61 bits per heavy atom. The molecule has 0 saturated heterocycles. The summed E-state index contributed by atoms with van der Waals surface area (Å²) in [5.41, 5.74) is -0.204. The van der Waals surface area contributed by atoms with E-state index < -0.39 is 54.6 Å². The molecule has 10 nitrogen and oxygen atoms in total. The lowest BCUT2D eigenvalue weighted by Crippen LogP contribution is -2.41. The number of carbonyl (C=O) groups is 2. The van der Waals surface area contributed by atoms with Crippen molar-refractivity contribution in [3.63, 3.8) is 0 Å². The summed E-state index contributed by atoms with van der Waals surface area (Å²) >= 11 is 3.21. The average molecular weight is 514 g/mol. The molecular weight excluding hydrogens is 499 g/mol. The summed E-state index contributed by atoms with van der Waals surface area (Å²) in [5.74, 6) is -1.46. The Balaban J connectivity index is 2.04. The van der Waals surface area contributed by atoms with Crippen LogP contribution < -0.4 is 4.74 Å². The normalized spacial score (nSPS) is 16.2. The van der Waals surface area contributed by atoms with E-state index >= 15 is 0 Å². The summed E-state index contributed by atoms with van der Waals surface area (Å²) in [6, 6.07) is 3.02. The number of esters is 1. The number of halogens is 4. The number of fused-ring (bicyclic) bond motifs is 1. The van der Waals surface area contributed by atoms with Gasteiger partial charge in [-0.2, -0.15) is 13.2 Å². The van der Waals surface area contributed by atoms with Crippen molar-refractivity contribution in [1.29, 1.82) is 0 Å². The number of carbonyl (C=O) groups excluding carboxylic acids is 2. The first kappa shape index (κ1) is 24.2. The molecule has 1 aliphatic rings. The van der Waals surface area contributed by atoms with E-state index in [9.17, 15) is 32.9 Å². The van der Waals surface area contributed by atoms with Crippen LogP contribution in [0.15, 0.2) is 22.2 Å². The molecule has 1 aromatic rings. The van der Waals surface area contributed by atoms with Crippen LogP contribution in [0.2, 0.25) is 0 Å². The minimum absolute atomic E-state index is 0.0344. The Morgan fingerprint density at radius 1 is 1.32 bits per heavy atom. The quantitative estimate of drug-likeness (QED) is 0.232. The topological polar surface area (TPSA) is 123 Å². The van der Waals surface area contributed by atoms with Gasteiger partial charge in [0.25, 0.3) is 5.09 Å². The number of nitrogens with zero attached hydrogens (tertiary/aromatic N) is 1. The van der Waals surface area contributed by atoms with Gasteiger partial charge in [0.2, 0.25) is 12.9 Å². The molecule has 14 heteroatoms. The Morgan fingerprint density at radius 2 is 2.00 bits per heavy atom. The maximum Gasteiger partial charge on any atom is 0.511 e. The fourth-order valence-electron chi connectivity index (χ4n) is 2.47. The van der Waals surface area contributed by atoms with Gasteiger partial charge in [0.1, 0.15) is 18.5 Å². The first-order chi connectivity index (χ1) is 14.4. The molecule has 0 amide bonds. The lowest BCUT2D eigenvalue weighted by atomic mass is 9.99. The number of aryl methyl sites for hydroxylation is 1. The van der Waals surface area contributed by atoms with Crippen LogP contribution in [0, 0.1) is 17.0 Å². The Kier molecular flexibility index (Phi) is 7.70. The second kappa shape index (κ2) is 9.85. The maximum absolute atomic E-state index is 13.4. The molecule has 0 aliphatic carbocycles. The average Bonchev–Trinajstić information content (AvgIpc) is 2.64. The highest BCUT2D eigenvalue weighted by molar-refractivity contribution is 9.10. The molecule has 0 radical (unpaired) electrons. The van der Waals surface area contributed by atoms with Crippen LogP contribution in [-0.2, 0) is 23.8 Å². The molecule has 1 aromatic carbocycles. The van der Waals surface area contributed by atoms with E-state index in [2.05, 4.69) is 35.0 Å². The molecule has 1 unspecified atom stereocenters. The number of benzene rings is 1. The molecule has 0 fully saturated rings. The van der Waals surface area contributed by atoms with Crippen molar-refractivity contribution < 1.29 is 51.6 Å². The Bertz CT molecular complexity index is 904. The molecule has 0 saturated carbocycles. The monoisotopic (exact) mass is 513 g/mol. The second-order valence-electron chi connectivity index (χ2n) is 6.17. The van der Waals surface area contributed by atoms with Gasteiger partial charge in [0.15, 0.2) is 0 Å². The number of rotatable bonds is 7. The number of ether oxygens (including phenoxy) is 4. The van der Waals surface area contributed by atoms with Crippen molar-refractivity contribution in [2.75, 3.05) is 13.4 Å². The first-order valence-electron chi connectivity index (χ1n) is 8.41.